The molecule has 5 heteroatoms. The van der Waals surface area contributed by atoms with Crippen LogP contribution in [-0.4, -0.2) is 44.1 Å². The number of primary amides is 1. The van der Waals surface area contributed by atoms with Crippen molar-refractivity contribution in [1.82, 2.24) is 10.2 Å². The Bertz CT molecular complexity index is 416. The normalized spacial score (nSPS) is 18.3. The Morgan fingerprint density at radius 3 is 2.78 bits per heavy atom. The number of benzene rings is 1. The first-order valence-electron chi connectivity index (χ1n) is 6.10. The quantitative estimate of drug-likeness (QED) is 0.796. The molecule has 0 bridgehead atoms. The molecule has 1 atom stereocenters. The highest BCUT2D eigenvalue weighted by Gasteiger charge is 2.26. The second-order valence-electron chi connectivity index (χ2n) is 4.37. The molecule has 1 aliphatic rings. The summed E-state index contributed by atoms with van der Waals surface area (Å²) in [6.07, 6.45) is 0. The van der Waals surface area contributed by atoms with Gasteiger partial charge in [-0.3, -0.25) is 9.69 Å². The van der Waals surface area contributed by atoms with Crippen LogP contribution in [-0.2, 0) is 4.79 Å². The Kier molecular flexibility index (Phi) is 4.17. The highest BCUT2D eigenvalue weighted by Crippen LogP contribution is 2.24. The van der Waals surface area contributed by atoms with E-state index in [0.29, 0.717) is 0 Å². The molecular weight excluding hydrogens is 230 g/mol. The minimum Gasteiger partial charge on any atom is -0.497 e. The van der Waals surface area contributed by atoms with E-state index in [-0.39, 0.29) is 11.9 Å². The lowest BCUT2D eigenvalue weighted by Gasteiger charge is -2.33. The third-order valence-corrected chi connectivity index (χ3v) is 3.20. The number of rotatable bonds is 4. The third kappa shape index (κ3) is 2.80. The van der Waals surface area contributed by atoms with Crippen LogP contribution in [0.15, 0.2) is 24.3 Å². The molecule has 1 aromatic rings. The maximum atomic E-state index is 11.7. The molecule has 1 heterocycles. The molecule has 3 N–H and O–H groups in total. The van der Waals surface area contributed by atoms with E-state index in [1.165, 1.54) is 0 Å². The van der Waals surface area contributed by atoms with Gasteiger partial charge in [-0.1, -0.05) is 12.1 Å². The second kappa shape index (κ2) is 5.84. The summed E-state index contributed by atoms with van der Waals surface area (Å²) in [6, 6.07) is 7.16. The van der Waals surface area contributed by atoms with Crippen LogP contribution in [0.25, 0.3) is 0 Å². The highest BCUT2D eigenvalue weighted by atomic mass is 16.5. The van der Waals surface area contributed by atoms with Crippen molar-refractivity contribution in [3.8, 4) is 5.75 Å². The topological polar surface area (TPSA) is 67.6 Å². The zero-order valence-corrected chi connectivity index (χ0v) is 10.6. The van der Waals surface area contributed by atoms with Gasteiger partial charge in [0.2, 0.25) is 5.91 Å². The first-order valence-corrected chi connectivity index (χ1v) is 6.10. The zero-order chi connectivity index (χ0) is 13.0. The molecule has 0 radical (unpaired) electrons. The molecule has 18 heavy (non-hydrogen) atoms. The van der Waals surface area contributed by atoms with Gasteiger partial charge in [0.15, 0.2) is 0 Å². The molecule has 1 fully saturated rings. The van der Waals surface area contributed by atoms with E-state index in [1.807, 2.05) is 24.3 Å². The van der Waals surface area contributed by atoms with E-state index < -0.39 is 0 Å². The summed E-state index contributed by atoms with van der Waals surface area (Å²) in [4.78, 5) is 13.8. The maximum Gasteiger partial charge on any atom is 0.239 e. The molecule has 1 amide bonds. The number of methoxy groups -OCH3 is 1. The summed E-state index contributed by atoms with van der Waals surface area (Å²) in [7, 11) is 1.61. The van der Waals surface area contributed by atoms with Gasteiger partial charge in [0.05, 0.1) is 7.11 Å². The van der Waals surface area contributed by atoms with Crippen molar-refractivity contribution in [2.24, 2.45) is 5.73 Å². The number of nitrogens with two attached hydrogens (primary N) is 1. The molecule has 1 aromatic carbocycles. The first-order chi connectivity index (χ1) is 8.72. The Balaban J connectivity index is 2.25. The van der Waals surface area contributed by atoms with Crippen molar-refractivity contribution in [2.75, 3.05) is 33.3 Å². The minimum absolute atomic E-state index is 0.315. The van der Waals surface area contributed by atoms with Crippen molar-refractivity contribution in [2.45, 2.75) is 6.04 Å². The van der Waals surface area contributed by atoms with Gasteiger partial charge in [0.1, 0.15) is 11.8 Å². The number of piperazine rings is 1. The van der Waals surface area contributed by atoms with Gasteiger partial charge >= 0.3 is 0 Å². The number of carbonyl (C=O) groups excluding carboxylic acids is 1. The summed E-state index contributed by atoms with van der Waals surface area (Å²) in [5, 5.41) is 3.26. The third-order valence-electron chi connectivity index (χ3n) is 3.20. The largest absolute Gasteiger partial charge is 0.497 e. The first kappa shape index (κ1) is 12.9. The van der Waals surface area contributed by atoms with Crippen LogP contribution in [0.3, 0.4) is 0 Å². The fraction of sp³-hybridized carbons (Fsp3) is 0.462. The van der Waals surface area contributed by atoms with Gasteiger partial charge < -0.3 is 15.8 Å². The smallest absolute Gasteiger partial charge is 0.239 e. The summed E-state index contributed by atoms with van der Waals surface area (Å²) in [5.41, 5.74) is 6.44. The fourth-order valence-corrected chi connectivity index (χ4v) is 2.31. The standard InChI is InChI=1S/C13H19N3O2/c1-18-11-4-2-3-10(9-11)12(13(14)17)16-7-5-15-6-8-16/h2-4,9,12,15H,5-8H2,1H3,(H2,14,17). The van der Waals surface area contributed by atoms with Gasteiger partial charge in [0, 0.05) is 26.2 Å². The maximum absolute atomic E-state index is 11.7. The van der Waals surface area contributed by atoms with E-state index >= 15 is 0 Å². The van der Waals surface area contributed by atoms with E-state index in [1.54, 1.807) is 7.11 Å². The van der Waals surface area contributed by atoms with Crippen molar-refractivity contribution >= 4 is 5.91 Å². The lowest BCUT2D eigenvalue weighted by molar-refractivity contribution is -0.123. The monoisotopic (exact) mass is 249 g/mol. The van der Waals surface area contributed by atoms with Crippen molar-refractivity contribution < 1.29 is 9.53 Å². The van der Waals surface area contributed by atoms with Gasteiger partial charge in [0.25, 0.3) is 0 Å². The highest BCUT2D eigenvalue weighted by molar-refractivity contribution is 5.81. The lowest BCUT2D eigenvalue weighted by atomic mass is 10.0. The molecule has 98 valence electrons. The summed E-state index contributed by atoms with van der Waals surface area (Å²) >= 11 is 0. The Labute approximate surface area is 107 Å². The van der Waals surface area contributed by atoms with Crippen molar-refractivity contribution in [3.63, 3.8) is 0 Å². The van der Waals surface area contributed by atoms with Crippen LogP contribution < -0.4 is 15.8 Å². The number of hydrogen-bond donors (Lipinski definition) is 2. The van der Waals surface area contributed by atoms with Crippen LogP contribution in [0.1, 0.15) is 11.6 Å². The summed E-state index contributed by atoms with van der Waals surface area (Å²) in [6.45, 7) is 3.41. The Hall–Kier alpha value is -1.59. The number of amides is 1. The average Bonchev–Trinajstić information content (AvgIpc) is 2.40. The van der Waals surface area contributed by atoms with Crippen LogP contribution in [0, 0.1) is 0 Å². The fourth-order valence-electron chi connectivity index (χ4n) is 2.31. The Morgan fingerprint density at radius 1 is 1.44 bits per heavy atom. The number of hydrogen-bond acceptors (Lipinski definition) is 4. The average molecular weight is 249 g/mol. The Morgan fingerprint density at radius 2 is 2.17 bits per heavy atom. The van der Waals surface area contributed by atoms with E-state index in [9.17, 15) is 4.79 Å². The molecule has 0 saturated carbocycles. The molecule has 1 saturated heterocycles. The van der Waals surface area contributed by atoms with Gasteiger partial charge in [-0.2, -0.15) is 0 Å². The number of nitrogens with one attached hydrogen (secondary N) is 1. The van der Waals surface area contributed by atoms with E-state index in [4.69, 9.17) is 10.5 Å². The molecule has 1 aliphatic heterocycles. The van der Waals surface area contributed by atoms with Crippen molar-refractivity contribution in [1.29, 1.82) is 0 Å². The molecule has 1 unspecified atom stereocenters. The second-order valence-corrected chi connectivity index (χ2v) is 4.37. The summed E-state index contributed by atoms with van der Waals surface area (Å²) < 4.78 is 5.19. The predicted molar refractivity (Wildman–Crippen MR) is 69.4 cm³/mol. The SMILES string of the molecule is COc1cccc(C(C(N)=O)N2CCNCC2)c1. The number of carbonyl (C=O) groups is 1. The number of nitrogens with zero attached hydrogens (tertiary/aromatic N) is 1. The van der Waals surface area contributed by atoms with E-state index in [0.717, 1.165) is 37.5 Å². The number of ether oxygens (including phenoxy) is 1. The molecule has 0 spiro atoms. The molecular formula is C13H19N3O2. The molecule has 5 nitrogen and oxygen atoms in total. The van der Waals surface area contributed by atoms with E-state index in [2.05, 4.69) is 10.2 Å². The van der Waals surface area contributed by atoms with Crippen LogP contribution >= 0.6 is 0 Å². The van der Waals surface area contributed by atoms with Crippen molar-refractivity contribution in [3.05, 3.63) is 29.8 Å². The van der Waals surface area contributed by atoms with Crippen LogP contribution in [0.4, 0.5) is 0 Å². The molecule has 0 aromatic heterocycles. The molecule has 0 aliphatic carbocycles. The predicted octanol–water partition coefficient (Wildman–Crippen LogP) is 0.127. The summed E-state index contributed by atoms with van der Waals surface area (Å²) in [5.74, 6) is 0.430. The van der Waals surface area contributed by atoms with Gasteiger partial charge in [-0.15, -0.1) is 0 Å². The lowest BCUT2D eigenvalue weighted by Crippen LogP contribution is -2.48. The van der Waals surface area contributed by atoms with Crippen LogP contribution in [0.2, 0.25) is 0 Å². The van der Waals surface area contributed by atoms with Gasteiger partial charge in [-0.05, 0) is 17.7 Å². The van der Waals surface area contributed by atoms with Gasteiger partial charge in [-0.25, -0.2) is 0 Å². The minimum atomic E-state index is -0.373. The zero-order valence-electron chi connectivity index (χ0n) is 10.6. The molecule has 2 rings (SSSR count). The van der Waals surface area contributed by atoms with Crippen LogP contribution in [0.5, 0.6) is 5.75 Å².